The summed E-state index contributed by atoms with van der Waals surface area (Å²) in [6.07, 6.45) is 1.86. The van der Waals surface area contributed by atoms with E-state index in [-0.39, 0.29) is 0 Å². The average molecular weight is 446 g/mol. The lowest BCUT2D eigenvalue weighted by Gasteiger charge is -2.11. The Balaban J connectivity index is 1.96. The molecule has 0 saturated carbocycles. The first-order valence-electron chi connectivity index (χ1n) is 9.21. The van der Waals surface area contributed by atoms with Gasteiger partial charge in [0.25, 0.3) is 0 Å². The topological polar surface area (TPSA) is 46.5 Å². The molecule has 0 bridgehead atoms. The monoisotopic (exact) mass is 444 g/mol. The van der Waals surface area contributed by atoms with Crippen LogP contribution in [0.4, 0.5) is 0 Å². The summed E-state index contributed by atoms with van der Waals surface area (Å²) in [4.78, 5) is 7.94. The summed E-state index contributed by atoms with van der Waals surface area (Å²) < 4.78 is 1.84. The minimum Gasteiger partial charge on any atom is -0.340 e. The lowest BCUT2D eigenvalue weighted by Crippen LogP contribution is -2.00. The zero-order chi connectivity index (χ0) is 20.7. The van der Waals surface area contributed by atoms with Crippen molar-refractivity contribution in [2.24, 2.45) is 0 Å². The molecule has 0 fully saturated rings. The number of nitrogens with zero attached hydrogens (tertiary/aromatic N) is 3. The van der Waals surface area contributed by atoms with E-state index in [9.17, 15) is 0 Å². The summed E-state index contributed by atoms with van der Waals surface area (Å²) in [5, 5.41) is 6.64. The maximum absolute atomic E-state index is 6.51. The number of imidazole rings is 1. The lowest BCUT2D eigenvalue weighted by atomic mass is 10.1. The first kappa shape index (κ1) is 20.0. The van der Waals surface area contributed by atoms with Gasteiger partial charge < -0.3 is 4.98 Å². The summed E-state index contributed by atoms with van der Waals surface area (Å²) >= 11 is 18.7. The number of aromatic amines is 1. The second kappa shape index (κ2) is 7.86. The van der Waals surface area contributed by atoms with Gasteiger partial charge in [0.15, 0.2) is 5.82 Å². The third-order valence-electron chi connectivity index (χ3n) is 4.82. The van der Waals surface area contributed by atoms with Crippen LogP contribution in [0.2, 0.25) is 15.1 Å². The van der Waals surface area contributed by atoms with E-state index in [1.165, 1.54) is 0 Å². The van der Waals surface area contributed by atoms with E-state index in [0.717, 1.165) is 39.7 Å². The molecule has 0 radical (unpaired) electrons. The van der Waals surface area contributed by atoms with Gasteiger partial charge in [-0.05, 0) is 43.2 Å². The molecule has 29 heavy (non-hydrogen) atoms. The normalized spacial score (nSPS) is 11.4. The lowest BCUT2D eigenvalue weighted by molar-refractivity contribution is 0.832. The Morgan fingerprint density at radius 2 is 1.66 bits per heavy atom. The molecule has 7 heteroatoms. The van der Waals surface area contributed by atoms with Crippen LogP contribution in [0.15, 0.2) is 48.7 Å². The van der Waals surface area contributed by atoms with Crippen LogP contribution < -0.4 is 0 Å². The summed E-state index contributed by atoms with van der Waals surface area (Å²) in [7, 11) is 0. The van der Waals surface area contributed by atoms with Crippen molar-refractivity contribution in [3.8, 4) is 28.5 Å². The second-order valence-electron chi connectivity index (χ2n) is 7.18. The molecular weight excluding hydrogens is 427 g/mol. The minimum absolute atomic E-state index is 0.347. The summed E-state index contributed by atoms with van der Waals surface area (Å²) in [6.45, 7) is 6.27. The van der Waals surface area contributed by atoms with Gasteiger partial charge in [-0.25, -0.2) is 9.67 Å². The van der Waals surface area contributed by atoms with E-state index in [1.54, 1.807) is 12.1 Å². The van der Waals surface area contributed by atoms with Gasteiger partial charge in [-0.2, -0.15) is 5.10 Å². The van der Waals surface area contributed by atoms with Crippen molar-refractivity contribution in [1.29, 1.82) is 0 Å². The van der Waals surface area contributed by atoms with E-state index in [4.69, 9.17) is 39.9 Å². The highest BCUT2D eigenvalue weighted by atomic mass is 35.5. The molecule has 0 aliphatic heterocycles. The zero-order valence-electron chi connectivity index (χ0n) is 16.2. The second-order valence-corrected chi connectivity index (χ2v) is 8.46. The number of hydrogen-bond donors (Lipinski definition) is 1. The van der Waals surface area contributed by atoms with Crippen molar-refractivity contribution in [2.45, 2.75) is 26.7 Å². The van der Waals surface area contributed by atoms with E-state index in [0.29, 0.717) is 21.0 Å². The zero-order valence-corrected chi connectivity index (χ0v) is 18.4. The molecule has 0 amide bonds. The highest BCUT2D eigenvalue weighted by Crippen LogP contribution is 2.36. The number of nitrogens with one attached hydrogen (secondary N) is 1. The van der Waals surface area contributed by atoms with Crippen molar-refractivity contribution < 1.29 is 0 Å². The number of halogens is 3. The average Bonchev–Trinajstić information content (AvgIpc) is 3.28. The summed E-state index contributed by atoms with van der Waals surface area (Å²) in [6, 6.07) is 13.0. The molecule has 0 spiro atoms. The maximum Gasteiger partial charge on any atom is 0.158 e. The molecule has 0 atom stereocenters. The van der Waals surface area contributed by atoms with Crippen LogP contribution in [-0.2, 0) is 0 Å². The van der Waals surface area contributed by atoms with Gasteiger partial charge in [0.1, 0.15) is 5.69 Å². The quantitative estimate of drug-likeness (QED) is 0.357. The first-order chi connectivity index (χ1) is 13.8. The van der Waals surface area contributed by atoms with Gasteiger partial charge in [0.2, 0.25) is 0 Å². The molecule has 2 heterocycles. The minimum atomic E-state index is 0.347. The first-order valence-corrected chi connectivity index (χ1v) is 10.3. The van der Waals surface area contributed by atoms with Crippen LogP contribution in [0.1, 0.15) is 31.0 Å². The third-order valence-corrected chi connectivity index (χ3v) is 5.61. The molecule has 148 valence electrons. The Morgan fingerprint density at radius 3 is 2.28 bits per heavy atom. The van der Waals surface area contributed by atoms with Crippen LogP contribution in [0.5, 0.6) is 0 Å². The number of hydrogen-bond acceptors (Lipinski definition) is 2. The molecule has 0 aliphatic rings. The molecule has 1 N–H and O–H groups in total. The van der Waals surface area contributed by atoms with Gasteiger partial charge in [-0.15, -0.1) is 0 Å². The Kier molecular flexibility index (Phi) is 5.43. The van der Waals surface area contributed by atoms with Crippen molar-refractivity contribution in [1.82, 2.24) is 19.7 Å². The van der Waals surface area contributed by atoms with Gasteiger partial charge in [0, 0.05) is 33.1 Å². The highest BCUT2D eigenvalue weighted by Gasteiger charge is 2.22. The van der Waals surface area contributed by atoms with Crippen molar-refractivity contribution in [3.05, 3.63) is 75.0 Å². The molecule has 4 aromatic rings. The SMILES string of the molecule is Cc1c(-c2ncc(C(C)C)[nH]2)nn(-c2ccc(Cl)cc2Cl)c1-c1ccc(Cl)cc1. The van der Waals surface area contributed by atoms with E-state index in [2.05, 4.69) is 23.8 Å². The number of benzene rings is 2. The summed E-state index contributed by atoms with van der Waals surface area (Å²) in [5.74, 6) is 1.07. The Labute approximate surface area is 184 Å². The molecule has 4 nitrogen and oxygen atoms in total. The Hall–Kier alpha value is -2.27. The predicted molar refractivity (Wildman–Crippen MR) is 120 cm³/mol. The van der Waals surface area contributed by atoms with Gasteiger partial charge in [-0.3, -0.25) is 0 Å². The fourth-order valence-electron chi connectivity index (χ4n) is 3.24. The van der Waals surface area contributed by atoms with E-state index in [1.807, 2.05) is 48.1 Å². The van der Waals surface area contributed by atoms with Crippen molar-refractivity contribution in [2.75, 3.05) is 0 Å². The van der Waals surface area contributed by atoms with Crippen LogP contribution >= 0.6 is 34.8 Å². The Bertz CT molecular complexity index is 1170. The maximum atomic E-state index is 6.51. The third kappa shape index (κ3) is 3.80. The molecule has 4 rings (SSSR count). The van der Waals surface area contributed by atoms with Crippen LogP contribution in [0.3, 0.4) is 0 Å². The Morgan fingerprint density at radius 1 is 0.966 bits per heavy atom. The van der Waals surface area contributed by atoms with Crippen molar-refractivity contribution >= 4 is 34.8 Å². The molecule has 0 aliphatic carbocycles. The summed E-state index contributed by atoms with van der Waals surface area (Å²) in [5.41, 5.74) is 5.46. The standard InChI is InChI=1S/C22H19Cl3N4/c1-12(2)18-11-26-22(27-18)20-13(3)21(14-4-6-15(23)7-5-14)29(28-20)19-9-8-16(24)10-17(19)25/h4-12H,1-3H3,(H,26,27). The van der Waals surface area contributed by atoms with Crippen LogP contribution in [0, 0.1) is 6.92 Å². The highest BCUT2D eigenvalue weighted by molar-refractivity contribution is 6.35. The van der Waals surface area contributed by atoms with Crippen LogP contribution in [0.25, 0.3) is 28.5 Å². The van der Waals surface area contributed by atoms with Gasteiger partial charge in [-0.1, -0.05) is 60.8 Å². The van der Waals surface area contributed by atoms with Crippen LogP contribution in [-0.4, -0.2) is 19.7 Å². The largest absolute Gasteiger partial charge is 0.340 e. The molecule has 0 saturated heterocycles. The number of aromatic nitrogens is 4. The predicted octanol–water partition coefficient (Wildman–Crippen LogP) is 7.32. The number of rotatable bonds is 4. The van der Waals surface area contributed by atoms with E-state index >= 15 is 0 Å². The molecular formula is C22H19Cl3N4. The fraction of sp³-hybridized carbons (Fsp3) is 0.182. The van der Waals surface area contributed by atoms with Crippen molar-refractivity contribution in [3.63, 3.8) is 0 Å². The molecule has 2 aromatic heterocycles. The smallest absolute Gasteiger partial charge is 0.158 e. The van der Waals surface area contributed by atoms with E-state index < -0.39 is 0 Å². The van der Waals surface area contributed by atoms with Gasteiger partial charge in [0.05, 0.1) is 16.4 Å². The molecule has 0 unspecified atom stereocenters. The molecule has 2 aromatic carbocycles. The fourth-order valence-corrected chi connectivity index (χ4v) is 3.86. The van der Waals surface area contributed by atoms with Gasteiger partial charge >= 0.3 is 0 Å². The number of H-pyrrole nitrogens is 1.